The molecule has 11 nitrogen and oxygen atoms in total. The van der Waals surface area contributed by atoms with Gasteiger partial charge in [0, 0.05) is 0 Å². The fraction of sp³-hybridized carbons (Fsp3) is 0.412. The number of anilines is 1. The summed E-state index contributed by atoms with van der Waals surface area (Å²) in [5.74, 6) is -4.64. The van der Waals surface area contributed by atoms with Crippen LogP contribution in [0.15, 0.2) is 30.3 Å². The Bertz CT molecular complexity index is 861. The first-order chi connectivity index (χ1) is 13.5. The van der Waals surface area contributed by atoms with E-state index in [0.29, 0.717) is 12.1 Å². The Morgan fingerprint density at radius 1 is 1.23 bits per heavy atom. The van der Waals surface area contributed by atoms with Gasteiger partial charge in [0.15, 0.2) is 0 Å². The summed E-state index contributed by atoms with van der Waals surface area (Å²) >= 11 is 0. The van der Waals surface area contributed by atoms with Crippen molar-refractivity contribution in [2.45, 2.75) is 37.9 Å². The number of hydrazine groups is 1. The second-order valence-corrected chi connectivity index (χ2v) is 7.70. The monoisotopic (exact) mass is 452 g/mol. The zero-order chi connectivity index (χ0) is 22.2. The molecule has 0 saturated carbocycles. The summed E-state index contributed by atoms with van der Waals surface area (Å²) in [6.07, 6.45) is 1.29. The normalized spacial score (nSPS) is 16.6. The van der Waals surface area contributed by atoms with Crippen molar-refractivity contribution in [3.8, 4) is 0 Å². The van der Waals surface area contributed by atoms with Crippen LogP contribution in [0.5, 0.6) is 0 Å². The Labute approximate surface area is 195 Å². The maximum absolute atomic E-state index is 12.1. The van der Waals surface area contributed by atoms with E-state index in [1.165, 1.54) is 5.01 Å². The van der Waals surface area contributed by atoms with E-state index in [1.54, 1.807) is 12.1 Å². The smallest absolute Gasteiger partial charge is 0.549 e. The number of unbranched alkanes of at least 4 members (excludes halogenated alkanes) is 1. The molecule has 0 spiro atoms. The van der Waals surface area contributed by atoms with Crippen LogP contribution >= 0.6 is 0 Å². The molecule has 1 heterocycles. The zero-order valence-electron chi connectivity index (χ0n) is 16.5. The van der Waals surface area contributed by atoms with Crippen LogP contribution in [0.3, 0.4) is 0 Å². The fourth-order valence-corrected chi connectivity index (χ4v) is 3.01. The molecule has 160 valence electrons. The largest absolute Gasteiger partial charge is 1.00 e. The third-order valence-electron chi connectivity index (χ3n) is 3.90. The van der Waals surface area contributed by atoms with Crippen molar-refractivity contribution >= 4 is 39.6 Å². The molecular weight excluding hydrogens is 431 g/mol. The summed E-state index contributed by atoms with van der Waals surface area (Å²) in [5, 5.41) is 16.9. The average Bonchev–Trinajstić information content (AvgIpc) is 2.92. The fourth-order valence-electron chi connectivity index (χ4n) is 2.41. The number of aliphatic carboxylic acids is 2. The molecule has 2 rings (SSSR count). The molecule has 1 saturated heterocycles. The number of amides is 2. The molecule has 1 aromatic carbocycles. The molecule has 30 heavy (non-hydrogen) atoms. The third-order valence-corrected chi connectivity index (χ3v) is 4.98. The summed E-state index contributed by atoms with van der Waals surface area (Å²) in [7, 11) is -4.90. The van der Waals surface area contributed by atoms with Gasteiger partial charge in [-0.15, -0.1) is 0 Å². The number of nitrogens with zero attached hydrogens (tertiary/aromatic N) is 1. The van der Waals surface area contributed by atoms with E-state index in [9.17, 15) is 32.7 Å². The Morgan fingerprint density at radius 2 is 1.80 bits per heavy atom. The van der Waals surface area contributed by atoms with Crippen LogP contribution in [-0.2, 0) is 29.3 Å². The van der Waals surface area contributed by atoms with E-state index >= 15 is 0 Å². The van der Waals surface area contributed by atoms with Gasteiger partial charge in [0.25, 0.3) is 21.9 Å². The van der Waals surface area contributed by atoms with Crippen LogP contribution in [0.1, 0.15) is 32.6 Å². The minimum Gasteiger partial charge on any atom is -0.549 e. The van der Waals surface area contributed by atoms with Crippen molar-refractivity contribution in [2.75, 3.05) is 5.01 Å². The van der Waals surface area contributed by atoms with Gasteiger partial charge in [-0.2, -0.15) is 8.42 Å². The molecule has 2 amide bonds. The summed E-state index contributed by atoms with van der Waals surface area (Å²) in [5.41, 5.74) is 3.34. The average molecular weight is 452 g/mol. The van der Waals surface area contributed by atoms with Gasteiger partial charge in [0.2, 0.25) is 0 Å². The van der Waals surface area contributed by atoms with Crippen molar-refractivity contribution < 1.29 is 71.9 Å². The van der Waals surface area contributed by atoms with Crippen molar-refractivity contribution in [1.29, 1.82) is 0 Å². The van der Waals surface area contributed by atoms with E-state index in [0.717, 1.165) is 12.8 Å². The maximum Gasteiger partial charge on any atom is 1.00 e. The molecule has 0 aromatic heterocycles. The molecule has 0 aliphatic carbocycles. The van der Waals surface area contributed by atoms with Gasteiger partial charge in [-0.3, -0.25) is 24.4 Å². The number of hydrogen-bond acceptors (Lipinski definition) is 7. The van der Waals surface area contributed by atoms with Crippen LogP contribution < -0.4 is 45.1 Å². The maximum atomic E-state index is 12.1. The van der Waals surface area contributed by atoms with Gasteiger partial charge in [-0.05, 0) is 18.6 Å². The number of carbonyl (C=O) groups excluding carboxylic acids is 3. The summed E-state index contributed by atoms with van der Waals surface area (Å²) in [6, 6.07) is 9.17. The van der Waals surface area contributed by atoms with Crippen LogP contribution in [0.4, 0.5) is 5.69 Å². The van der Waals surface area contributed by atoms with Gasteiger partial charge >= 0.3 is 35.5 Å². The molecule has 0 radical (unpaired) electrons. The predicted molar refractivity (Wildman–Crippen MR) is 97.7 cm³/mol. The van der Waals surface area contributed by atoms with Crippen LogP contribution in [0.25, 0.3) is 0 Å². The number of nitrogens with one attached hydrogen (secondary N) is 1. The van der Waals surface area contributed by atoms with Crippen LogP contribution in [0.2, 0.25) is 0 Å². The SMILES string of the molecule is CCCCC1C(=O)NN(c2ccccc2)C1=O.O=C(O)CC(C(=O)[O-])S(=O)(=O)O.[Na+]. The molecule has 1 aliphatic rings. The summed E-state index contributed by atoms with van der Waals surface area (Å²) in [6.45, 7) is 2.05. The molecule has 1 aromatic rings. The number of carbonyl (C=O) groups is 4. The molecular formula is C17H21N2NaO9S. The van der Waals surface area contributed by atoms with E-state index in [2.05, 4.69) is 5.43 Å². The van der Waals surface area contributed by atoms with Gasteiger partial charge in [-0.25, -0.2) is 5.01 Å². The first-order valence-electron chi connectivity index (χ1n) is 8.57. The second kappa shape index (κ2) is 12.6. The molecule has 2 atom stereocenters. The molecule has 2 unspecified atom stereocenters. The van der Waals surface area contributed by atoms with E-state index in [-0.39, 0.29) is 41.4 Å². The second-order valence-electron chi connectivity index (χ2n) is 6.10. The minimum absolute atomic E-state index is 0. The first kappa shape index (κ1) is 28.0. The van der Waals surface area contributed by atoms with E-state index < -0.39 is 39.6 Å². The van der Waals surface area contributed by atoms with E-state index in [4.69, 9.17) is 9.66 Å². The molecule has 3 N–H and O–H groups in total. The Balaban J connectivity index is 0.000000579. The van der Waals surface area contributed by atoms with Gasteiger partial charge in [0.05, 0.1) is 18.1 Å². The van der Waals surface area contributed by atoms with Gasteiger partial charge < -0.3 is 15.0 Å². The number of para-hydroxylation sites is 1. The predicted octanol–water partition coefficient (Wildman–Crippen LogP) is -3.66. The summed E-state index contributed by atoms with van der Waals surface area (Å²) in [4.78, 5) is 43.6. The van der Waals surface area contributed by atoms with Crippen molar-refractivity contribution in [3.05, 3.63) is 30.3 Å². The van der Waals surface area contributed by atoms with Gasteiger partial charge in [-0.1, -0.05) is 38.0 Å². The van der Waals surface area contributed by atoms with E-state index in [1.807, 2.05) is 25.1 Å². The Morgan fingerprint density at radius 3 is 2.20 bits per heavy atom. The summed E-state index contributed by atoms with van der Waals surface area (Å²) < 4.78 is 28.5. The topological polar surface area (TPSA) is 181 Å². The number of benzene rings is 1. The molecule has 1 fully saturated rings. The first-order valence-corrected chi connectivity index (χ1v) is 10.1. The number of carboxylic acid groups (broad SMARTS) is 2. The zero-order valence-corrected chi connectivity index (χ0v) is 19.3. The van der Waals surface area contributed by atoms with Gasteiger partial charge in [0.1, 0.15) is 11.2 Å². The Kier molecular flexibility index (Phi) is 11.8. The van der Waals surface area contributed by atoms with Crippen molar-refractivity contribution in [2.24, 2.45) is 5.92 Å². The van der Waals surface area contributed by atoms with Crippen LogP contribution in [0, 0.1) is 5.92 Å². The van der Waals surface area contributed by atoms with Crippen molar-refractivity contribution in [3.63, 3.8) is 0 Å². The molecule has 1 aliphatic heterocycles. The molecule has 13 heteroatoms. The number of rotatable bonds is 8. The third kappa shape index (κ3) is 8.40. The number of carboxylic acids is 2. The van der Waals surface area contributed by atoms with Crippen LogP contribution in [-0.4, -0.2) is 47.1 Å². The standard InChI is InChI=1S/C13H16N2O2.C4H6O7S.Na/c1-2-3-9-11-12(16)14-15(13(11)17)10-7-5-4-6-8-10;5-3(6)1-2(4(7)8)12(9,10)11;/h4-8,11H,2-3,9H2,1H3,(H,14,16);2H,1H2,(H,5,6)(H,7,8)(H,9,10,11);/q;;+1/p-1. The number of hydrogen-bond donors (Lipinski definition) is 3. The van der Waals surface area contributed by atoms with Crippen molar-refractivity contribution in [1.82, 2.24) is 5.43 Å². The minimum atomic E-state index is -4.90. The Hall–Kier alpha value is -1.99. The molecule has 0 bridgehead atoms. The quantitative estimate of drug-likeness (QED) is 0.203.